The van der Waals surface area contributed by atoms with Crippen LogP contribution in [0.5, 0.6) is 0 Å². The van der Waals surface area contributed by atoms with E-state index in [1.54, 1.807) is 16.4 Å². The Morgan fingerprint density at radius 3 is 2.66 bits per heavy atom. The summed E-state index contributed by atoms with van der Waals surface area (Å²) in [7, 11) is 0. The number of hydrogen-bond acceptors (Lipinski definition) is 6. The van der Waals surface area contributed by atoms with Gasteiger partial charge in [0.25, 0.3) is 0 Å². The van der Waals surface area contributed by atoms with Gasteiger partial charge in [0.2, 0.25) is 5.16 Å². The molecule has 148 valence electrons. The van der Waals surface area contributed by atoms with E-state index in [0.29, 0.717) is 6.54 Å². The van der Waals surface area contributed by atoms with E-state index in [1.165, 1.54) is 0 Å². The molecule has 2 aromatic carbocycles. The normalized spacial score (nSPS) is 11.1. The van der Waals surface area contributed by atoms with Gasteiger partial charge in [0.1, 0.15) is 11.5 Å². The first-order valence-corrected chi connectivity index (χ1v) is 10.7. The highest BCUT2D eigenvalue weighted by Crippen LogP contribution is 2.24. The summed E-state index contributed by atoms with van der Waals surface area (Å²) in [5.74, 6) is 2.69. The van der Waals surface area contributed by atoms with Gasteiger partial charge in [-0.1, -0.05) is 41.6 Å². The molecule has 0 radical (unpaired) electrons. The quantitative estimate of drug-likeness (QED) is 0.305. The average molecular weight is 426 g/mol. The second kappa shape index (κ2) is 9.73. The number of furan rings is 1. The Morgan fingerprint density at radius 1 is 1.00 bits per heavy atom. The Bertz CT molecular complexity index is 1030. The number of halogens is 1. The van der Waals surface area contributed by atoms with Gasteiger partial charge in [-0.05, 0) is 71.9 Å². The van der Waals surface area contributed by atoms with E-state index in [-0.39, 0.29) is 0 Å². The maximum atomic E-state index is 5.93. The van der Waals surface area contributed by atoms with E-state index in [0.717, 1.165) is 51.7 Å². The fourth-order valence-electron chi connectivity index (χ4n) is 2.81. The van der Waals surface area contributed by atoms with Gasteiger partial charge in [0, 0.05) is 16.3 Å². The lowest BCUT2D eigenvalue weighted by Crippen LogP contribution is -2.14. The second-order valence-corrected chi connectivity index (χ2v) is 7.86. The number of tetrazole rings is 1. The Kier molecular flexibility index (Phi) is 6.61. The van der Waals surface area contributed by atoms with Gasteiger partial charge in [-0.2, -0.15) is 4.68 Å². The van der Waals surface area contributed by atoms with Gasteiger partial charge >= 0.3 is 0 Å². The van der Waals surface area contributed by atoms with Crippen LogP contribution in [0.1, 0.15) is 12.2 Å². The van der Waals surface area contributed by atoms with Gasteiger partial charge in [0.05, 0.1) is 12.2 Å². The molecule has 6 nitrogen and oxygen atoms in total. The standard InChI is InChI=1S/C21H20ClN5OS/c22-17-9-7-16(8-10-17)20-12-11-19(28-20)15-23-13-4-14-29-21-24-25-26-27(21)18-5-2-1-3-6-18/h1-3,5-12,23H,4,13-15H2. The van der Waals surface area contributed by atoms with Crippen molar-refractivity contribution in [3.8, 4) is 17.0 Å². The van der Waals surface area contributed by atoms with Crippen molar-refractivity contribution in [1.29, 1.82) is 0 Å². The van der Waals surface area contributed by atoms with E-state index in [9.17, 15) is 0 Å². The molecule has 0 fully saturated rings. The summed E-state index contributed by atoms with van der Waals surface area (Å²) in [5.41, 5.74) is 1.99. The molecule has 29 heavy (non-hydrogen) atoms. The Balaban J connectivity index is 1.20. The summed E-state index contributed by atoms with van der Waals surface area (Å²) >= 11 is 7.58. The van der Waals surface area contributed by atoms with Crippen LogP contribution in [0.25, 0.3) is 17.0 Å². The number of hydrogen-bond donors (Lipinski definition) is 1. The van der Waals surface area contributed by atoms with Crippen molar-refractivity contribution in [3.63, 3.8) is 0 Å². The molecule has 0 atom stereocenters. The van der Waals surface area contributed by atoms with Crippen molar-refractivity contribution >= 4 is 23.4 Å². The third-order valence-corrected chi connectivity index (χ3v) is 5.52. The van der Waals surface area contributed by atoms with Crippen molar-refractivity contribution in [2.45, 2.75) is 18.1 Å². The number of rotatable bonds is 9. The molecule has 0 bridgehead atoms. The van der Waals surface area contributed by atoms with Gasteiger partial charge in [-0.25, -0.2) is 0 Å². The summed E-state index contributed by atoms with van der Waals surface area (Å²) in [6, 6.07) is 21.5. The van der Waals surface area contributed by atoms with Gasteiger partial charge in [-0.3, -0.25) is 0 Å². The molecule has 4 aromatic rings. The molecule has 2 heterocycles. The number of para-hydroxylation sites is 1. The summed E-state index contributed by atoms with van der Waals surface area (Å²) in [6.07, 6.45) is 0.997. The zero-order chi connectivity index (χ0) is 19.9. The molecule has 0 aliphatic rings. The lowest BCUT2D eigenvalue weighted by Gasteiger charge is -2.05. The highest BCUT2D eigenvalue weighted by molar-refractivity contribution is 7.99. The fourth-order valence-corrected chi connectivity index (χ4v) is 3.77. The summed E-state index contributed by atoms with van der Waals surface area (Å²) < 4.78 is 7.66. The number of nitrogens with zero attached hydrogens (tertiary/aromatic N) is 4. The van der Waals surface area contributed by atoms with E-state index in [4.69, 9.17) is 16.0 Å². The van der Waals surface area contributed by atoms with Crippen LogP contribution in [0.2, 0.25) is 5.02 Å². The number of nitrogens with one attached hydrogen (secondary N) is 1. The third-order valence-electron chi connectivity index (χ3n) is 4.26. The molecule has 0 aliphatic carbocycles. The first kappa shape index (κ1) is 19.7. The zero-order valence-electron chi connectivity index (χ0n) is 15.7. The lowest BCUT2D eigenvalue weighted by atomic mass is 10.2. The summed E-state index contributed by atoms with van der Waals surface area (Å²) in [6.45, 7) is 1.58. The summed E-state index contributed by atoms with van der Waals surface area (Å²) in [4.78, 5) is 0. The van der Waals surface area contributed by atoms with Crippen molar-refractivity contribution < 1.29 is 4.42 Å². The van der Waals surface area contributed by atoms with Crippen LogP contribution in [-0.2, 0) is 6.54 Å². The average Bonchev–Trinajstić information content (AvgIpc) is 3.41. The molecule has 0 aliphatic heterocycles. The van der Waals surface area contributed by atoms with Crippen molar-refractivity contribution in [1.82, 2.24) is 25.5 Å². The van der Waals surface area contributed by atoms with Crippen LogP contribution < -0.4 is 5.32 Å². The molecule has 8 heteroatoms. The van der Waals surface area contributed by atoms with E-state index in [1.807, 2.05) is 66.7 Å². The predicted octanol–water partition coefficient (Wildman–Crippen LogP) is 4.85. The van der Waals surface area contributed by atoms with Crippen molar-refractivity contribution in [3.05, 3.63) is 77.5 Å². The second-order valence-electron chi connectivity index (χ2n) is 6.36. The van der Waals surface area contributed by atoms with E-state index < -0.39 is 0 Å². The first-order chi connectivity index (χ1) is 14.3. The molecule has 0 saturated carbocycles. The van der Waals surface area contributed by atoms with Crippen LogP contribution in [0.3, 0.4) is 0 Å². The molecule has 4 rings (SSSR count). The Hall–Kier alpha value is -2.61. The van der Waals surface area contributed by atoms with Crippen LogP contribution in [0.4, 0.5) is 0 Å². The van der Waals surface area contributed by atoms with E-state index >= 15 is 0 Å². The van der Waals surface area contributed by atoms with Crippen molar-refractivity contribution in [2.24, 2.45) is 0 Å². The molecule has 0 saturated heterocycles. The maximum absolute atomic E-state index is 5.93. The van der Waals surface area contributed by atoms with Crippen LogP contribution in [0, 0.1) is 0 Å². The molecule has 0 unspecified atom stereocenters. The topological polar surface area (TPSA) is 68.8 Å². The Labute approximate surface area is 178 Å². The molecule has 1 N–H and O–H groups in total. The smallest absolute Gasteiger partial charge is 0.214 e. The van der Waals surface area contributed by atoms with Crippen LogP contribution >= 0.6 is 23.4 Å². The summed E-state index contributed by atoms with van der Waals surface area (Å²) in [5, 5.41) is 16.9. The zero-order valence-corrected chi connectivity index (χ0v) is 17.2. The van der Waals surface area contributed by atoms with E-state index in [2.05, 4.69) is 20.8 Å². The van der Waals surface area contributed by atoms with Gasteiger partial charge in [0.15, 0.2) is 0 Å². The minimum Gasteiger partial charge on any atom is -0.460 e. The van der Waals surface area contributed by atoms with Crippen LogP contribution in [0.15, 0.2) is 76.3 Å². The number of aromatic nitrogens is 4. The fraction of sp³-hybridized carbons (Fsp3) is 0.190. The Morgan fingerprint density at radius 2 is 1.83 bits per heavy atom. The molecular weight excluding hydrogens is 406 g/mol. The van der Waals surface area contributed by atoms with Gasteiger partial charge < -0.3 is 9.73 Å². The highest BCUT2D eigenvalue weighted by atomic mass is 35.5. The van der Waals surface area contributed by atoms with Crippen molar-refractivity contribution in [2.75, 3.05) is 12.3 Å². The maximum Gasteiger partial charge on any atom is 0.214 e. The number of thioether (sulfide) groups is 1. The SMILES string of the molecule is Clc1ccc(-c2ccc(CNCCCSc3nnnn3-c3ccccc3)o2)cc1. The molecule has 0 amide bonds. The number of benzene rings is 2. The minimum atomic E-state index is 0.694. The minimum absolute atomic E-state index is 0.694. The lowest BCUT2D eigenvalue weighted by molar-refractivity contribution is 0.494. The monoisotopic (exact) mass is 425 g/mol. The van der Waals surface area contributed by atoms with Gasteiger partial charge in [-0.15, -0.1) is 5.10 Å². The molecular formula is C21H20ClN5OS. The van der Waals surface area contributed by atoms with Crippen LogP contribution in [-0.4, -0.2) is 32.5 Å². The largest absolute Gasteiger partial charge is 0.460 e. The third kappa shape index (κ3) is 5.26. The first-order valence-electron chi connectivity index (χ1n) is 9.31. The molecule has 2 aromatic heterocycles. The predicted molar refractivity (Wildman–Crippen MR) is 115 cm³/mol. The molecule has 0 spiro atoms. The highest BCUT2D eigenvalue weighted by Gasteiger charge is 2.08.